The van der Waals surface area contributed by atoms with Crippen LogP contribution in [0.5, 0.6) is 5.75 Å². The number of amides is 1. The average molecular weight is 515 g/mol. The number of hydrogen-bond donors (Lipinski definition) is 1. The Morgan fingerprint density at radius 3 is 2.59 bits per heavy atom. The molecule has 0 saturated heterocycles. The lowest BCUT2D eigenvalue weighted by Crippen LogP contribution is -2.25. The lowest BCUT2D eigenvalue weighted by Gasteiger charge is -2.15. The van der Waals surface area contributed by atoms with E-state index in [1.165, 1.54) is 28.5 Å². The Morgan fingerprint density at radius 2 is 1.91 bits per heavy atom. The van der Waals surface area contributed by atoms with Gasteiger partial charge in [0.25, 0.3) is 5.56 Å². The number of carbonyl (C=O) groups is 1. The molecular formula is C21H14F5N3O3S2. The molecule has 0 atom stereocenters. The van der Waals surface area contributed by atoms with E-state index >= 15 is 0 Å². The molecule has 0 saturated carbocycles. The lowest BCUT2D eigenvalue weighted by atomic mass is 10.3. The third-order valence-corrected chi connectivity index (χ3v) is 6.58. The van der Waals surface area contributed by atoms with Crippen LogP contribution in [0.25, 0.3) is 5.69 Å². The van der Waals surface area contributed by atoms with Crippen molar-refractivity contribution in [3.63, 3.8) is 0 Å². The largest absolute Gasteiger partial charge is 0.573 e. The molecule has 34 heavy (non-hydrogen) atoms. The normalized spacial score (nSPS) is 13.0. The minimum Gasteiger partial charge on any atom is -0.406 e. The highest BCUT2D eigenvalue weighted by atomic mass is 32.2. The van der Waals surface area contributed by atoms with Crippen LogP contribution in [0.1, 0.15) is 5.69 Å². The van der Waals surface area contributed by atoms with Crippen molar-refractivity contribution in [2.24, 2.45) is 0 Å². The van der Waals surface area contributed by atoms with Crippen LogP contribution in [0.15, 0.2) is 57.3 Å². The Morgan fingerprint density at radius 1 is 1.18 bits per heavy atom. The van der Waals surface area contributed by atoms with Gasteiger partial charge in [-0.25, -0.2) is 13.8 Å². The summed E-state index contributed by atoms with van der Waals surface area (Å²) in [6.07, 6.45) is -4.31. The van der Waals surface area contributed by atoms with E-state index in [0.29, 0.717) is 28.8 Å². The maximum atomic E-state index is 13.8. The number of thioether (sulfide) groups is 2. The summed E-state index contributed by atoms with van der Waals surface area (Å²) in [5.41, 5.74) is 0.179. The summed E-state index contributed by atoms with van der Waals surface area (Å²) in [7, 11) is 0. The minimum atomic E-state index is -4.86. The van der Waals surface area contributed by atoms with Crippen LogP contribution in [0.4, 0.5) is 27.6 Å². The van der Waals surface area contributed by atoms with Crippen molar-refractivity contribution in [3.8, 4) is 11.4 Å². The van der Waals surface area contributed by atoms with E-state index in [2.05, 4.69) is 15.0 Å². The molecule has 0 radical (unpaired) electrons. The number of carbonyl (C=O) groups excluding carboxylic acids is 1. The first-order valence-electron chi connectivity index (χ1n) is 9.63. The summed E-state index contributed by atoms with van der Waals surface area (Å²) >= 11 is 2.22. The number of anilines is 1. The number of aryl methyl sites for hydroxylation is 1. The van der Waals surface area contributed by atoms with Crippen molar-refractivity contribution in [3.05, 3.63) is 70.1 Å². The third kappa shape index (κ3) is 5.53. The molecule has 0 fully saturated rings. The Kier molecular flexibility index (Phi) is 6.84. The maximum Gasteiger partial charge on any atom is 0.573 e. The highest BCUT2D eigenvalue weighted by Gasteiger charge is 2.31. The standard InChI is InChI=1S/C21H14F5N3O3S2/c22-11-1-6-15(14(23)9-11)27-17(30)10-34-20-28-16-7-8-33-18(16)19(31)29(20)12-2-4-13(5-3-12)32-21(24,25)26/h1-6,9H,7-8,10H2,(H,27,30). The number of fused-ring (bicyclic) bond motifs is 1. The number of rotatable bonds is 6. The molecule has 0 spiro atoms. The van der Waals surface area contributed by atoms with Crippen LogP contribution in [0.3, 0.4) is 0 Å². The maximum absolute atomic E-state index is 13.8. The first-order valence-corrected chi connectivity index (χ1v) is 11.6. The summed E-state index contributed by atoms with van der Waals surface area (Å²) in [5.74, 6) is -2.42. The molecule has 1 aromatic heterocycles. The zero-order valence-corrected chi connectivity index (χ0v) is 18.6. The van der Waals surface area contributed by atoms with Crippen molar-refractivity contribution >= 4 is 35.1 Å². The fraction of sp³-hybridized carbons (Fsp3) is 0.190. The van der Waals surface area contributed by atoms with Gasteiger partial charge in [-0.2, -0.15) is 0 Å². The van der Waals surface area contributed by atoms with Crippen LogP contribution in [0.2, 0.25) is 0 Å². The first kappa shape index (κ1) is 24.1. The molecule has 0 unspecified atom stereocenters. The smallest absolute Gasteiger partial charge is 0.406 e. The molecule has 1 amide bonds. The lowest BCUT2D eigenvalue weighted by molar-refractivity contribution is -0.274. The number of hydrogen-bond acceptors (Lipinski definition) is 6. The fourth-order valence-corrected chi connectivity index (χ4v) is 4.97. The molecule has 1 aliphatic heterocycles. The summed E-state index contributed by atoms with van der Waals surface area (Å²) < 4.78 is 69.2. The molecule has 13 heteroatoms. The minimum absolute atomic E-state index is 0.144. The molecule has 0 aliphatic carbocycles. The summed E-state index contributed by atoms with van der Waals surface area (Å²) in [4.78, 5) is 30.3. The summed E-state index contributed by atoms with van der Waals surface area (Å²) in [6.45, 7) is 0. The van der Waals surface area contributed by atoms with Gasteiger partial charge < -0.3 is 10.1 Å². The van der Waals surface area contributed by atoms with Crippen LogP contribution >= 0.6 is 23.5 Å². The van der Waals surface area contributed by atoms with Gasteiger partial charge in [0.05, 0.1) is 27.7 Å². The van der Waals surface area contributed by atoms with Crippen molar-refractivity contribution in [2.45, 2.75) is 22.8 Å². The van der Waals surface area contributed by atoms with E-state index in [1.807, 2.05) is 0 Å². The highest BCUT2D eigenvalue weighted by molar-refractivity contribution is 8.00. The average Bonchev–Trinajstić information content (AvgIpc) is 3.23. The van der Waals surface area contributed by atoms with E-state index < -0.39 is 35.2 Å². The molecule has 2 heterocycles. The Labute approximate surface area is 197 Å². The molecule has 4 rings (SSSR count). The van der Waals surface area contributed by atoms with Gasteiger partial charge in [-0.3, -0.25) is 14.2 Å². The molecule has 2 aromatic carbocycles. The van der Waals surface area contributed by atoms with Gasteiger partial charge in [-0.1, -0.05) is 11.8 Å². The van der Waals surface area contributed by atoms with Crippen LogP contribution in [-0.2, 0) is 11.2 Å². The Bertz CT molecular complexity index is 1300. The number of nitrogens with zero attached hydrogens (tertiary/aromatic N) is 2. The second-order valence-corrected chi connectivity index (χ2v) is 8.96. The monoisotopic (exact) mass is 515 g/mol. The zero-order valence-electron chi connectivity index (χ0n) is 17.0. The van der Waals surface area contributed by atoms with Crippen LogP contribution in [0, 0.1) is 11.6 Å². The summed E-state index contributed by atoms with van der Waals surface area (Å²) in [6, 6.07) is 7.38. The van der Waals surface area contributed by atoms with Crippen LogP contribution < -0.4 is 15.6 Å². The van der Waals surface area contributed by atoms with Crippen molar-refractivity contribution < 1.29 is 31.5 Å². The quantitative estimate of drug-likeness (QED) is 0.289. The van der Waals surface area contributed by atoms with Crippen LogP contribution in [-0.4, -0.2) is 33.3 Å². The number of aromatic nitrogens is 2. The second kappa shape index (κ2) is 9.66. The van der Waals surface area contributed by atoms with E-state index in [4.69, 9.17) is 0 Å². The van der Waals surface area contributed by atoms with Gasteiger partial charge in [-0.05, 0) is 36.4 Å². The van der Waals surface area contributed by atoms with Crippen molar-refractivity contribution in [1.82, 2.24) is 9.55 Å². The predicted molar refractivity (Wildman–Crippen MR) is 117 cm³/mol. The molecule has 6 nitrogen and oxygen atoms in total. The van der Waals surface area contributed by atoms with E-state index in [1.54, 1.807) is 0 Å². The third-order valence-electron chi connectivity index (χ3n) is 4.53. The van der Waals surface area contributed by atoms with Gasteiger partial charge >= 0.3 is 6.36 Å². The Hall–Kier alpha value is -3.06. The van der Waals surface area contributed by atoms with Gasteiger partial charge in [0.1, 0.15) is 17.4 Å². The van der Waals surface area contributed by atoms with Crippen molar-refractivity contribution in [2.75, 3.05) is 16.8 Å². The summed E-state index contributed by atoms with van der Waals surface area (Å²) in [5, 5.41) is 2.46. The zero-order chi connectivity index (χ0) is 24.5. The number of nitrogens with one attached hydrogen (secondary N) is 1. The molecule has 0 bridgehead atoms. The topological polar surface area (TPSA) is 73.2 Å². The molecule has 1 aliphatic rings. The number of alkyl halides is 3. The molecular weight excluding hydrogens is 501 g/mol. The predicted octanol–water partition coefficient (Wildman–Crippen LogP) is 4.79. The van der Waals surface area contributed by atoms with Gasteiger partial charge in [0.2, 0.25) is 5.91 Å². The molecule has 3 aromatic rings. The Balaban J connectivity index is 1.59. The second-order valence-electron chi connectivity index (χ2n) is 6.91. The SMILES string of the molecule is O=C(CSc1nc2c(c(=O)n1-c1ccc(OC(F)(F)F)cc1)SCC2)Nc1ccc(F)cc1F. The molecule has 178 valence electrons. The fourth-order valence-electron chi connectivity index (χ4n) is 3.12. The van der Waals surface area contributed by atoms with Crippen molar-refractivity contribution in [1.29, 1.82) is 0 Å². The number of ether oxygens (including phenoxy) is 1. The number of halogens is 5. The molecule has 1 N–H and O–H groups in total. The first-order chi connectivity index (χ1) is 16.1. The highest BCUT2D eigenvalue weighted by Crippen LogP contribution is 2.31. The van der Waals surface area contributed by atoms with E-state index in [9.17, 15) is 31.5 Å². The number of benzene rings is 2. The van der Waals surface area contributed by atoms with Gasteiger partial charge in [-0.15, -0.1) is 24.9 Å². The van der Waals surface area contributed by atoms with Gasteiger partial charge in [0, 0.05) is 18.2 Å². The van der Waals surface area contributed by atoms with Gasteiger partial charge in [0.15, 0.2) is 5.16 Å². The van der Waals surface area contributed by atoms with E-state index in [-0.39, 0.29) is 22.3 Å². The van der Waals surface area contributed by atoms with E-state index in [0.717, 1.165) is 36.0 Å².